The Bertz CT molecular complexity index is 1300. The summed E-state index contributed by atoms with van der Waals surface area (Å²) in [6.45, 7) is 2.77. The van der Waals surface area contributed by atoms with Gasteiger partial charge in [0, 0.05) is 6.42 Å². The lowest BCUT2D eigenvalue weighted by atomic mass is 9.97. The molecule has 2 rings (SSSR count). The summed E-state index contributed by atoms with van der Waals surface area (Å²) in [5, 5.41) is 86.9. The lowest BCUT2D eigenvalue weighted by molar-refractivity contribution is -0.359. The van der Waals surface area contributed by atoms with E-state index in [2.05, 4.69) is 43.5 Å². The molecule has 0 aliphatic carbocycles. The van der Waals surface area contributed by atoms with Crippen LogP contribution in [0.4, 0.5) is 0 Å². The molecule has 2 saturated heterocycles. The van der Waals surface area contributed by atoms with Crippen molar-refractivity contribution in [3.8, 4) is 0 Å². The molecule has 14 nitrogen and oxygen atoms in total. The van der Waals surface area contributed by atoms with Crippen LogP contribution in [0.25, 0.3) is 0 Å². The molecule has 9 N–H and O–H groups in total. The number of amides is 1. The fourth-order valence-corrected chi connectivity index (χ4v) is 9.01. The Hall–Kier alpha value is -1.79. The molecule has 2 fully saturated rings. The van der Waals surface area contributed by atoms with Crippen LogP contribution >= 0.6 is 0 Å². The molecule has 69 heavy (non-hydrogen) atoms. The summed E-state index contributed by atoms with van der Waals surface area (Å²) in [6, 6.07) is -0.931. The van der Waals surface area contributed by atoms with Gasteiger partial charge in [0.15, 0.2) is 12.6 Å². The van der Waals surface area contributed by atoms with E-state index in [1.807, 2.05) is 6.08 Å². The van der Waals surface area contributed by atoms with Crippen molar-refractivity contribution in [2.24, 2.45) is 0 Å². The quantitative estimate of drug-likeness (QED) is 0.0207. The normalized spacial score (nSPS) is 26.4. The van der Waals surface area contributed by atoms with Gasteiger partial charge in [-0.05, 0) is 57.8 Å². The fraction of sp³-hybridized carbons (Fsp3) is 0.873. The first-order valence-electron chi connectivity index (χ1n) is 27.7. The topological polar surface area (TPSA) is 228 Å². The summed E-state index contributed by atoms with van der Waals surface area (Å²) in [4.78, 5) is 13.2. The van der Waals surface area contributed by atoms with E-state index in [1.54, 1.807) is 6.08 Å². The van der Waals surface area contributed by atoms with Crippen LogP contribution in [0.5, 0.6) is 0 Å². The van der Waals surface area contributed by atoms with Crippen molar-refractivity contribution in [3.63, 3.8) is 0 Å². The number of ether oxygens (including phenoxy) is 4. The van der Waals surface area contributed by atoms with Crippen LogP contribution in [0.3, 0.4) is 0 Å². The van der Waals surface area contributed by atoms with Crippen LogP contribution in [0, 0.1) is 0 Å². The second kappa shape index (κ2) is 41.7. The lowest BCUT2D eigenvalue weighted by Crippen LogP contribution is -2.65. The molecule has 0 aromatic heterocycles. The number of hydrogen-bond acceptors (Lipinski definition) is 13. The molecule has 2 aliphatic rings. The highest BCUT2D eigenvalue weighted by Crippen LogP contribution is 2.30. The number of rotatable bonds is 43. The van der Waals surface area contributed by atoms with E-state index < -0.39 is 86.8 Å². The first-order valence-corrected chi connectivity index (χ1v) is 27.7. The summed E-state index contributed by atoms with van der Waals surface area (Å²) in [6.07, 6.45) is 31.8. The molecule has 0 spiro atoms. The number of allylic oxidation sites excluding steroid dienone is 5. The average molecular weight is 984 g/mol. The van der Waals surface area contributed by atoms with Crippen LogP contribution in [0.15, 0.2) is 36.5 Å². The van der Waals surface area contributed by atoms with E-state index in [4.69, 9.17) is 18.9 Å². The van der Waals surface area contributed by atoms with Gasteiger partial charge in [0.25, 0.3) is 0 Å². The van der Waals surface area contributed by atoms with E-state index in [-0.39, 0.29) is 18.9 Å². The summed E-state index contributed by atoms with van der Waals surface area (Å²) < 4.78 is 22.7. The first kappa shape index (κ1) is 63.3. The van der Waals surface area contributed by atoms with E-state index in [9.17, 15) is 45.6 Å². The number of hydrogen-bond donors (Lipinski definition) is 9. The largest absolute Gasteiger partial charge is 0.394 e. The molecule has 1 amide bonds. The molecule has 12 atom stereocenters. The molecule has 404 valence electrons. The third-order valence-corrected chi connectivity index (χ3v) is 13.5. The van der Waals surface area contributed by atoms with Crippen molar-refractivity contribution in [1.82, 2.24) is 5.32 Å². The van der Waals surface area contributed by atoms with Crippen molar-refractivity contribution in [2.45, 2.75) is 286 Å². The summed E-state index contributed by atoms with van der Waals surface area (Å²) >= 11 is 0. The third-order valence-electron chi connectivity index (χ3n) is 13.5. The molecule has 0 radical (unpaired) electrons. The fourth-order valence-electron chi connectivity index (χ4n) is 9.01. The second-order valence-electron chi connectivity index (χ2n) is 19.7. The Kier molecular flexibility index (Phi) is 38.2. The van der Waals surface area contributed by atoms with Crippen molar-refractivity contribution in [3.05, 3.63) is 36.5 Å². The Morgan fingerprint density at radius 1 is 0.507 bits per heavy atom. The van der Waals surface area contributed by atoms with Crippen LogP contribution in [-0.2, 0) is 23.7 Å². The van der Waals surface area contributed by atoms with Crippen molar-refractivity contribution in [1.29, 1.82) is 0 Å². The van der Waals surface area contributed by atoms with Gasteiger partial charge in [-0.1, -0.05) is 185 Å². The minimum absolute atomic E-state index is 0.252. The molecule has 14 heteroatoms. The van der Waals surface area contributed by atoms with Crippen molar-refractivity contribution >= 4 is 5.91 Å². The minimum atomic E-state index is -1.79. The predicted molar refractivity (Wildman–Crippen MR) is 272 cm³/mol. The van der Waals surface area contributed by atoms with Gasteiger partial charge in [-0.25, -0.2) is 0 Å². The number of nitrogens with one attached hydrogen (secondary N) is 1. The van der Waals surface area contributed by atoms with Crippen LogP contribution < -0.4 is 5.32 Å². The Morgan fingerprint density at radius 3 is 1.42 bits per heavy atom. The molecular weight excluding hydrogens is 883 g/mol. The van der Waals surface area contributed by atoms with Gasteiger partial charge in [-0.15, -0.1) is 0 Å². The van der Waals surface area contributed by atoms with E-state index in [1.165, 1.54) is 148 Å². The van der Waals surface area contributed by atoms with Gasteiger partial charge in [0.05, 0.1) is 32.0 Å². The highest BCUT2D eigenvalue weighted by atomic mass is 16.7. The van der Waals surface area contributed by atoms with Gasteiger partial charge >= 0.3 is 0 Å². The highest BCUT2D eigenvalue weighted by Gasteiger charge is 2.51. The van der Waals surface area contributed by atoms with Crippen molar-refractivity contribution < 1.29 is 64.6 Å². The maximum atomic E-state index is 13.2. The van der Waals surface area contributed by atoms with Gasteiger partial charge in [0.1, 0.15) is 48.8 Å². The van der Waals surface area contributed by atoms with E-state index in [0.29, 0.717) is 12.8 Å². The zero-order chi connectivity index (χ0) is 50.3. The molecule has 0 bridgehead atoms. The lowest BCUT2D eigenvalue weighted by Gasteiger charge is -2.46. The average Bonchev–Trinajstić information content (AvgIpc) is 3.35. The summed E-state index contributed by atoms with van der Waals surface area (Å²) in [5.41, 5.74) is 0. The molecule has 0 aromatic rings. The number of aliphatic hydroxyl groups excluding tert-OH is 8. The SMILES string of the molecule is CCCCCCCC/C=C\CCCCCCCCCCCC(=O)NC(COC1OC(CO)C(OC2OC(CO)C(O)C(O)C2O)C(O)C1O)C(O)/C=C/CC/C=C/CCCCCCCCCCCC. The van der Waals surface area contributed by atoms with Crippen molar-refractivity contribution in [2.75, 3.05) is 19.8 Å². The molecule has 2 aliphatic heterocycles. The summed E-state index contributed by atoms with van der Waals surface area (Å²) in [5.74, 6) is -0.252. The van der Waals surface area contributed by atoms with Crippen LogP contribution in [0.1, 0.15) is 213 Å². The molecule has 12 unspecified atom stereocenters. The summed E-state index contributed by atoms with van der Waals surface area (Å²) in [7, 11) is 0. The Labute approximate surface area is 417 Å². The zero-order valence-corrected chi connectivity index (χ0v) is 43.1. The maximum Gasteiger partial charge on any atom is 0.220 e. The highest BCUT2D eigenvalue weighted by molar-refractivity contribution is 5.76. The molecule has 0 saturated carbocycles. The maximum absolute atomic E-state index is 13.2. The van der Waals surface area contributed by atoms with E-state index >= 15 is 0 Å². The second-order valence-corrected chi connectivity index (χ2v) is 19.7. The number of carbonyl (C=O) groups excluding carboxylic acids is 1. The molecule has 0 aromatic carbocycles. The van der Waals surface area contributed by atoms with Gasteiger partial charge in [-0.3, -0.25) is 4.79 Å². The Balaban J connectivity index is 1.82. The number of unbranched alkanes of at least 4 members (excludes halogenated alkanes) is 26. The smallest absolute Gasteiger partial charge is 0.220 e. The number of carbonyl (C=O) groups is 1. The zero-order valence-electron chi connectivity index (χ0n) is 43.1. The molecule has 2 heterocycles. The van der Waals surface area contributed by atoms with Gasteiger partial charge in [0.2, 0.25) is 5.91 Å². The van der Waals surface area contributed by atoms with E-state index in [0.717, 1.165) is 32.1 Å². The predicted octanol–water partition coefficient (Wildman–Crippen LogP) is 8.27. The third kappa shape index (κ3) is 28.3. The monoisotopic (exact) mass is 984 g/mol. The first-order chi connectivity index (χ1) is 33.6. The van der Waals surface area contributed by atoms with Gasteiger partial charge in [-0.2, -0.15) is 0 Å². The van der Waals surface area contributed by atoms with Crippen LogP contribution in [0.2, 0.25) is 0 Å². The Morgan fingerprint density at radius 2 is 0.928 bits per heavy atom. The number of aliphatic hydroxyl groups is 8. The minimum Gasteiger partial charge on any atom is -0.394 e. The standard InChI is InChI=1S/C55H101NO13/c1-3-5-7-9-11-13-15-17-19-21-22-23-25-27-29-31-33-35-37-39-47(60)56-43(44(59)38-36-34-32-30-28-26-24-20-18-16-14-12-10-8-6-4-2)42-66-54-52(65)50(63)53(46(41-58)68-54)69-55-51(64)49(62)48(61)45(40-57)67-55/h17,19,28,30,36,38,43-46,48-55,57-59,61-65H,3-16,18,20-27,29,31-35,37,39-42H2,1-2H3,(H,56,60)/b19-17-,30-28+,38-36+. The van der Waals surface area contributed by atoms with Gasteiger partial charge < -0.3 is 65.1 Å². The van der Waals surface area contributed by atoms with Crippen LogP contribution in [-0.4, -0.2) is 140 Å². The molecular formula is C55H101NO13.